The Bertz CT molecular complexity index is 1040. The molecule has 1 aliphatic heterocycles. The summed E-state index contributed by atoms with van der Waals surface area (Å²) in [5.41, 5.74) is 1.88. The number of carbonyl (C=O) groups excluding carboxylic acids is 2. The number of carbonyl (C=O) groups is 2. The highest BCUT2D eigenvalue weighted by molar-refractivity contribution is 6.04. The van der Waals surface area contributed by atoms with Gasteiger partial charge in [-0.3, -0.25) is 9.59 Å². The highest BCUT2D eigenvalue weighted by atomic mass is 19.1. The number of oxazole rings is 1. The molecule has 0 saturated carbocycles. The molecule has 2 amide bonds. The third-order valence-electron chi connectivity index (χ3n) is 4.42. The van der Waals surface area contributed by atoms with Gasteiger partial charge in [-0.15, -0.1) is 0 Å². The van der Waals surface area contributed by atoms with E-state index in [1.807, 2.05) is 0 Å². The molecule has 8 heteroatoms. The van der Waals surface area contributed by atoms with Crippen molar-refractivity contribution in [3.8, 4) is 0 Å². The number of amides is 2. The van der Waals surface area contributed by atoms with Crippen LogP contribution in [0.15, 0.2) is 40.8 Å². The first-order chi connectivity index (χ1) is 12.9. The van der Waals surface area contributed by atoms with Crippen LogP contribution in [0.2, 0.25) is 0 Å². The molecule has 1 aromatic heterocycles. The molecule has 1 atom stereocenters. The zero-order valence-electron chi connectivity index (χ0n) is 14.3. The lowest BCUT2D eigenvalue weighted by Crippen LogP contribution is -2.28. The fourth-order valence-corrected chi connectivity index (χ4v) is 3.20. The quantitative estimate of drug-likeness (QED) is 0.766. The monoisotopic (exact) mass is 371 g/mol. The van der Waals surface area contributed by atoms with Crippen molar-refractivity contribution >= 4 is 34.3 Å². The second-order valence-electron chi connectivity index (χ2n) is 6.44. The van der Waals surface area contributed by atoms with Crippen LogP contribution in [0, 0.1) is 24.5 Å². The Morgan fingerprint density at radius 2 is 1.96 bits per heavy atom. The van der Waals surface area contributed by atoms with E-state index in [0.29, 0.717) is 22.7 Å². The van der Waals surface area contributed by atoms with E-state index in [2.05, 4.69) is 10.3 Å². The van der Waals surface area contributed by atoms with Crippen molar-refractivity contribution in [1.29, 1.82) is 0 Å². The van der Waals surface area contributed by atoms with Gasteiger partial charge >= 0.3 is 0 Å². The molecule has 6 nitrogen and oxygen atoms in total. The maximum atomic E-state index is 13.3. The molecule has 1 N–H and O–H groups in total. The first kappa shape index (κ1) is 17.1. The van der Waals surface area contributed by atoms with Crippen molar-refractivity contribution in [2.45, 2.75) is 13.3 Å². The Labute approximate surface area is 152 Å². The molecule has 1 aliphatic rings. The molecule has 1 fully saturated rings. The average molecular weight is 371 g/mol. The lowest BCUT2D eigenvalue weighted by atomic mass is 10.1. The maximum absolute atomic E-state index is 13.3. The largest absolute Gasteiger partial charge is 0.441 e. The Kier molecular flexibility index (Phi) is 4.10. The van der Waals surface area contributed by atoms with Crippen LogP contribution in [0.3, 0.4) is 0 Å². The molecule has 2 aromatic carbocycles. The smallest absolute Gasteiger partial charge is 0.229 e. The molecule has 0 bridgehead atoms. The Morgan fingerprint density at radius 3 is 2.70 bits per heavy atom. The lowest BCUT2D eigenvalue weighted by Gasteiger charge is -2.16. The molecule has 4 rings (SSSR count). The zero-order valence-corrected chi connectivity index (χ0v) is 14.3. The highest BCUT2D eigenvalue weighted by Gasteiger charge is 2.35. The molecular formula is C19H15F2N3O3. The number of nitrogens with one attached hydrogen (secondary N) is 1. The van der Waals surface area contributed by atoms with Gasteiger partial charge in [0.15, 0.2) is 11.5 Å². The van der Waals surface area contributed by atoms with Crippen molar-refractivity contribution in [2.75, 3.05) is 16.8 Å². The van der Waals surface area contributed by atoms with Crippen LogP contribution in [0.25, 0.3) is 11.1 Å². The molecule has 2 heterocycles. The summed E-state index contributed by atoms with van der Waals surface area (Å²) in [6, 6.07) is 7.95. The second-order valence-corrected chi connectivity index (χ2v) is 6.44. The average Bonchev–Trinajstić information content (AvgIpc) is 3.14. The van der Waals surface area contributed by atoms with Gasteiger partial charge in [-0.05, 0) is 30.3 Å². The van der Waals surface area contributed by atoms with Crippen molar-refractivity contribution in [2.24, 2.45) is 5.92 Å². The van der Waals surface area contributed by atoms with E-state index >= 15 is 0 Å². The fourth-order valence-electron chi connectivity index (χ4n) is 3.20. The molecule has 1 saturated heterocycles. The van der Waals surface area contributed by atoms with E-state index in [4.69, 9.17) is 4.42 Å². The number of rotatable bonds is 3. The van der Waals surface area contributed by atoms with Gasteiger partial charge in [-0.25, -0.2) is 13.8 Å². The fraction of sp³-hybridized carbons (Fsp3) is 0.211. The molecule has 0 aliphatic carbocycles. The standard InChI is InChI=1S/C19H15F2N3O3/c1-10-22-16-8-15(2-3-17(16)27-10)24-9-11(4-18(24)25)19(26)23-14-6-12(20)5-13(21)7-14/h2-3,5-8,11H,4,9H2,1H3,(H,23,26). The van der Waals surface area contributed by atoms with E-state index < -0.39 is 23.5 Å². The van der Waals surface area contributed by atoms with Crippen molar-refractivity contribution in [3.05, 3.63) is 53.9 Å². The van der Waals surface area contributed by atoms with E-state index in [-0.39, 0.29) is 24.6 Å². The zero-order chi connectivity index (χ0) is 19.1. The summed E-state index contributed by atoms with van der Waals surface area (Å²) in [6.45, 7) is 1.90. The topological polar surface area (TPSA) is 75.4 Å². The van der Waals surface area contributed by atoms with Crippen molar-refractivity contribution in [1.82, 2.24) is 4.98 Å². The third-order valence-corrected chi connectivity index (χ3v) is 4.42. The van der Waals surface area contributed by atoms with Crippen LogP contribution in [-0.4, -0.2) is 23.3 Å². The summed E-state index contributed by atoms with van der Waals surface area (Å²) in [7, 11) is 0. The normalized spacial score (nSPS) is 16.9. The minimum atomic E-state index is -0.786. The van der Waals surface area contributed by atoms with E-state index in [0.717, 1.165) is 18.2 Å². The molecule has 27 heavy (non-hydrogen) atoms. The Hall–Kier alpha value is -3.29. The van der Waals surface area contributed by atoms with Gasteiger partial charge in [-0.1, -0.05) is 0 Å². The number of halogens is 2. The SMILES string of the molecule is Cc1nc2cc(N3CC(C(=O)Nc4cc(F)cc(F)c4)CC3=O)ccc2o1. The number of aryl methyl sites for hydroxylation is 1. The molecule has 138 valence electrons. The first-order valence-electron chi connectivity index (χ1n) is 8.33. The van der Waals surface area contributed by atoms with Crippen LogP contribution in [0.5, 0.6) is 0 Å². The minimum absolute atomic E-state index is 0.0134. The number of hydrogen-bond acceptors (Lipinski definition) is 4. The molecule has 3 aromatic rings. The predicted octanol–water partition coefficient (Wildman–Crippen LogP) is 3.41. The third kappa shape index (κ3) is 3.38. The van der Waals surface area contributed by atoms with Gasteiger partial charge < -0.3 is 14.6 Å². The van der Waals surface area contributed by atoms with Gasteiger partial charge in [0.05, 0.1) is 5.92 Å². The minimum Gasteiger partial charge on any atom is -0.441 e. The van der Waals surface area contributed by atoms with Crippen molar-refractivity contribution in [3.63, 3.8) is 0 Å². The van der Waals surface area contributed by atoms with Crippen LogP contribution in [0.1, 0.15) is 12.3 Å². The van der Waals surface area contributed by atoms with Gasteiger partial charge in [0.2, 0.25) is 11.8 Å². The number of anilines is 2. The van der Waals surface area contributed by atoms with Crippen LogP contribution >= 0.6 is 0 Å². The molecule has 1 unspecified atom stereocenters. The van der Waals surface area contributed by atoms with E-state index in [1.165, 1.54) is 4.90 Å². The van der Waals surface area contributed by atoms with Gasteiger partial charge in [0.25, 0.3) is 0 Å². The van der Waals surface area contributed by atoms with E-state index in [9.17, 15) is 18.4 Å². The van der Waals surface area contributed by atoms with Crippen LogP contribution < -0.4 is 10.2 Å². The number of fused-ring (bicyclic) bond motifs is 1. The summed E-state index contributed by atoms with van der Waals surface area (Å²) < 4.78 is 31.9. The van der Waals surface area contributed by atoms with Crippen LogP contribution in [-0.2, 0) is 9.59 Å². The number of nitrogens with zero attached hydrogens (tertiary/aromatic N) is 2. The Morgan fingerprint density at radius 1 is 1.22 bits per heavy atom. The maximum Gasteiger partial charge on any atom is 0.229 e. The molecule has 0 radical (unpaired) electrons. The lowest BCUT2D eigenvalue weighted by molar-refractivity contribution is -0.122. The first-order valence-corrected chi connectivity index (χ1v) is 8.33. The number of hydrogen-bond donors (Lipinski definition) is 1. The molecular weight excluding hydrogens is 356 g/mol. The van der Waals surface area contributed by atoms with Crippen molar-refractivity contribution < 1.29 is 22.8 Å². The number of benzene rings is 2. The highest BCUT2D eigenvalue weighted by Crippen LogP contribution is 2.29. The molecule has 0 spiro atoms. The van der Waals surface area contributed by atoms with E-state index in [1.54, 1.807) is 25.1 Å². The van der Waals surface area contributed by atoms with Gasteiger partial charge in [0, 0.05) is 37.3 Å². The summed E-state index contributed by atoms with van der Waals surface area (Å²) in [5.74, 6) is -2.35. The van der Waals surface area contributed by atoms with Gasteiger partial charge in [0.1, 0.15) is 17.2 Å². The second kappa shape index (κ2) is 6.46. The van der Waals surface area contributed by atoms with Gasteiger partial charge in [-0.2, -0.15) is 0 Å². The summed E-state index contributed by atoms with van der Waals surface area (Å²) in [5, 5.41) is 2.47. The summed E-state index contributed by atoms with van der Waals surface area (Å²) in [6.07, 6.45) is 0.0134. The summed E-state index contributed by atoms with van der Waals surface area (Å²) >= 11 is 0. The number of aromatic nitrogens is 1. The predicted molar refractivity (Wildman–Crippen MR) is 94.2 cm³/mol. The van der Waals surface area contributed by atoms with Crippen LogP contribution in [0.4, 0.5) is 20.2 Å². The summed E-state index contributed by atoms with van der Waals surface area (Å²) in [4.78, 5) is 30.5. The Balaban J connectivity index is 1.51.